The Balaban J connectivity index is 2.02. The van der Waals surface area contributed by atoms with E-state index >= 15 is 0 Å². The number of fused-ring (bicyclic) bond motifs is 2. The van der Waals surface area contributed by atoms with Crippen LogP contribution in [-0.4, -0.2) is 31.7 Å². The first-order chi connectivity index (χ1) is 7.71. The maximum atomic E-state index is 12.0. The molecule has 1 aromatic carbocycles. The lowest BCUT2D eigenvalue weighted by Gasteiger charge is -2.38. The number of ketones is 1. The van der Waals surface area contributed by atoms with Gasteiger partial charge in [0.25, 0.3) is 0 Å². The number of nitrogens with zero attached hydrogens (tertiary/aromatic N) is 1. The van der Waals surface area contributed by atoms with Crippen molar-refractivity contribution < 1.29 is 4.79 Å². The maximum absolute atomic E-state index is 12.0. The van der Waals surface area contributed by atoms with E-state index in [2.05, 4.69) is 24.9 Å². The Hall–Kier alpha value is -1.09. The predicted octanol–water partition coefficient (Wildman–Crippen LogP) is 1.15. The summed E-state index contributed by atoms with van der Waals surface area (Å²) < 4.78 is 0. The van der Waals surface area contributed by atoms with Gasteiger partial charge in [0.15, 0.2) is 13.8 Å². The molecule has 0 saturated carbocycles. The standard InChI is InChI=1S/C13H16BNO/c14-15-7-5-13(6-8-15)9-12(16)10-3-1-2-4-11(10)13/h1-4H,5-9,14H2. The zero-order chi connectivity index (χ0) is 11.2. The number of hydrogen-bond acceptors (Lipinski definition) is 2. The molecule has 0 atom stereocenters. The van der Waals surface area contributed by atoms with E-state index in [4.69, 9.17) is 0 Å². The van der Waals surface area contributed by atoms with Crippen molar-refractivity contribution >= 4 is 13.8 Å². The fourth-order valence-electron chi connectivity index (χ4n) is 3.18. The van der Waals surface area contributed by atoms with Gasteiger partial charge >= 0.3 is 0 Å². The molecule has 1 aromatic rings. The zero-order valence-corrected chi connectivity index (χ0v) is 9.70. The highest BCUT2D eigenvalue weighted by molar-refractivity contribution is 6.04. The van der Waals surface area contributed by atoms with Gasteiger partial charge in [-0.1, -0.05) is 24.3 Å². The highest BCUT2D eigenvalue weighted by Gasteiger charge is 2.44. The first-order valence-electron chi connectivity index (χ1n) is 6.03. The van der Waals surface area contributed by atoms with E-state index in [0.29, 0.717) is 5.78 Å². The normalized spacial score (nSPS) is 23.6. The van der Waals surface area contributed by atoms with E-state index in [1.807, 2.05) is 12.1 Å². The summed E-state index contributed by atoms with van der Waals surface area (Å²) in [5.74, 6) is 0.347. The molecule has 0 bridgehead atoms. The van der Waals surface area contributed by atoms with Gasteiger partial charge in [-0.25, -0.2) is 0 Å². The second kappa shape index (κ2) is 3.46. The van der Waals surface area contributed by atoms with E-state index in [1.54, 1.807) is 0 Å². The third-order valence-corrected chi connectivity index (χ3v) is 4.24. The lowest BCUT2D eigenvalue weighted by molar-refractivity contribution is 0.0956. The number of hydrogen-bond donors (Lipinski definition) is 0. The minimum Gasteiger partial charge on any atom is -0.349 e. The van der Waals surface area contributed by atoms with Gasteiger partial charge in [-0.05, 0) is 31.5 Å². The smallest absolute Gasteiger partial charge is 0.185 e. The fourth-order valence-corrected chi connectivity index (χ4v) is 3.18. The Morgan fingerprint density at radius 1 is 1.19 bits per heavy atom. The quantitative estimate of drug-likeness (QED) is 0.602. The Kier molecular flexibility index (Phi) is 2.18. The summed E-state index contributed by atoms with van der Waals surface area (Å²) in [4.78, 5) is 14.4. The summed E-state index contributed by atoms with van der Waals surface area (Å²) in [5.41, 5.74) is 2.46. The van der Waals surface area contributed by atoms with Crippen LogP contribution < -0.4 is 0 Å². The van der Waals surface area contributed by atoms with Crippen molar-refractivity contribution in [1.29, 1.82) is 0 Å². The molecule has 1 saturated heterocycles. The summed E-state index contributed by atoms with van der Waals surface area (Å²) in [6.07, 6.45) is 3.00. The molecule has 3 heteroatoms. The molecule has 1 spiro atoms. The van der Waals surface area contributed by atoms with Crippen molar-refractivity contribution in [3.05, 3.63) is 35.4 Å². The molecule has 3 rings (SSSR count). The first kappa shape index (κ1) is 10.1. The van der Waals surface area contributed by atoms with Gasteiger partial charge in [-0.2, -0.15) is 0 Å². The SMILES string of the molecule is BN1CCC2(CC1)CC(=O)c1ccccc12. The van der Waals surface area contributed by atoms with Crippen molar-refractivity contribution in [2.24, 2.45) is 0 Å². The average Bonchev–Trinajstić information content (AvgIpc) is 2.58. The van der Waals surface area contributed by atoms with E-state index in [1.165, 1.54) is 5.56 Å². The molecule has 1 aliphatic heterocycles. The molecule has 0 amide bonds. The Morgan fingerprint density at radius 2 is 1.88 bits per heavy atom. The topological polar surface area (TPSA) is 20.3 Å². The molecule has 1 heterocycles. The van der Waals surface area contributed by atoms with Crippen LogP contribution in [0.25, 0.3) is 0 Å². The third-order valence-electron chi connectivity index (χ3n) is 4.24. The largest absolute Gasteiger partial charge is 0.349 e. The van der Waals surface area contributed by atoms with Crippen LogP contribution in [0.1, 0.15) is 35.2 Å². The van der Waals surface area contributed by atoms with Gasteiger partial charge in [-0.15, -0.1) is 0 Å². The van der Waals surface area contributed by atoms with Crippen LogP contribution in [0.5, 0.6) is 0 Å². The van der Waals surface area contributed by atoms with E-state index in [9.17, 15) is 4.79 Å². The van der Waals surface area contributed by atoms with E-state index < -0.39 is 0 Å². The summed E-state index contributed by atoms with van der Waals surface area (Å²) in [6, 6.07) is 8.19. The maximum Gasteiger partial charge on any atom is 0.185 e. The average molecular weight is 213 g/mol. The molecule has 1 fully saturated rings. The first-order valence-corrected chi connectivity index (χ1v) is 6.03. The Bertz CT molecular complexity index is 435. The molecule has 0 aromatic heterocycles. The molecule has 2 aliphatic rings. The van der Waals surface area contributed by atoms with E-state index in [-0.39, 0.29) is 5.41 Å². The van der Waals surface area contributed by atoms with Gasteiger partial charge < -0.3 is 4.81 Å². The summed E-state index contributed by atoms with van der Waals surface area (Å²) in [6.45, 7) is 2.23. The second-order valence-electron chi connectivity index (χ2n) is 5.23. The number of Topliss-reactive ketones (excluding diaryl/α,β-unsaturated/α-hetero) is 1. The minimum atomic E-state index is 0.167. The van der Waals surface area contributed by atoms with Gasteiger partial charge in [-0.3, -0.25) is 4.79 Å². The van der Waals surface area contributed by atoms with Gasteiger partial charge in [0.05, 0.1) is 0 Å². The predicted molar refractivity (Wildman–Crippen MR) is 66.4 cm³/mol. The molecule has 0 unspecified atom stereocenters. The van der Waals surface area contributed by atoms with Crippen LogP contribution >= 0.6 is 0 Å². The van der Waals surface area contributed by atoms with Crippen LogP contribution in [0.2, 0.25) is 0 Å². The highest BCUT2D eigenvalue weighted by Crippen LogP contribution is 2.45. The van der Waals surface area contributed by atoms with Crippen LogP contribution in [0.3, 0.4) is 0 Å². The summed E-state index contributed by atoms with van der Waals surface area (Å²) >= 11 is 0. The minimum absolute atomic E-state index is 0.167. The van der Waals surface area contributed by atoms with Crippen molar-refractivity contribution in [2.45, 2.75) is 24.7 Å². The third kappa shape index (κ3) is 1.35. The zero-order valence-electron chi connectivity index (χ0n) is 9.70. The molecule has 1 aliphatic carbocycles. The number of carbonyl (C=O) groups is 1. The van der Waals surface area contributed by atoms with Crippen molar-refractivity contribution in [3.63, 3.8) is 0 Å². The van der Waals surface area contributed by atoms with Gasteiger partial charge in [0, 0.05) is 17.4 Å². The van der Waals surface area contributed by atoms with Gasteiger partial charge in [0.1, 0.15) is 0 Å². The van der Waals surface area contributed by atoms with Crippen LogP contribution in [0.4, 0.5) is 0 Å². The number of rotatable bonds is 0. The van der Waals surface area contributed by atoms with Gasteiger partial charge in [0.2, 0.25) is 0 Å². The van der Waals surface area contributed by atoms with Crippen LogP contribution in [0, 0.1) is 0 Å². The van der Waals surface area contributed by atoms with Crippen molar-refractivity contribution in [2.75, 3.05) is 13.1 Å². The molecule has 16 heavy (non-hydrogen) atoms. The molecule has 82 valence electrons. The summed E-state index contributed by atoms with van der Waals surface area (Å²) in [7, 11) is 2.16. The number of benzene rings is 1. The molecular formula is C13H16BNO. The Morgan fingerprint density at radius 3 is 2.62 bits per heavy atom. The van der Waals surface area contributed by atoms with Crippen molar-refractivity contribution in [3.8, 4) is 0 Å². The van der Waals surface area contributed by atoms with Crippen molar-refractivity contribution in [1.82, 2.24) is 4.81 Å². The van der Waals surface area contributed by atoms with Crippen LogP contribution in [-0.2, 0) is 5.41 Å². The second-order valence-corrected chi connectivity index (χ2v) is 5.23. The lowest BCUT2D eigenvalue weighted by Crippen LogP contribution is -2.40. The fraction of sp³-hybridized carbons (Fsp3) is 0.462. The number of carbonyl (C=O) groups excluding carboxylic acids is 1. The Labute approximate surface area is 97.1 Å². The highest BCUT2D eigenvalue weighted by atomic mass is 16.1. The number of piperidine rings is 1. The molecule has 0 radical (unpaired) electrons. The lowest BCUT2D eigenvalue weighted by atomic mass is 9.73. The summed E-state index contributed by atoms with van der Waals surface area (Å²) in [5, 5.41) is 0. The molecule has 2 nitrogen and oxygen atoms in total. The monoisotopic (exact) mass is 213 g/mol. The van der Waals surface area contributed by atoms with E-state index in [0.717, 1.165) is 37.9 Å². The molecule has 0 N–H and O–H groups in total. The molecular weight excluding hydrogens is 197 g/mol. The van der Waals surface area contributed by atoms with Crippen LogP contribution in [0.15, 0.2) is 24.3 Å².